The van der Waals surface area contributed by atoms with E-state index in [1.165, 1.54) is 0 Å². The van der Waals surface area contributed by atoms with Gasteiger partial charge in [0.1, 0.15) is 6.26 Å². The van der Waals surface area contributed by atoms with Gasteiger partial charge in [0.05, 0.1) is 6.61 Å². The Kier molecular flexibility index (Phi) is 1.96. The van der Waals surface area contributed by atoms with Crippen molar-refractivity contribution in [3.05, 3.63) is 17.5 Å². The average molecular weight is 149 g/mol. The van der Waals surface area contributed by atoms with Gasteiger partial charge in [-0.05, 0) is 0 Å². The van der Waals surface area contributed by atoms with E-state index in [-0.39, 0.29) is 5.56 Å². The summed E-state index contributed by atoms with van der Waals surface area (Å²) in [5, 5.41) is 11.4. The molecule has 1 N–H and O–H groups in total. The molecule has 0 atom stereocenters. The normalized spacial score (nSPS) is 10.8. The van der Waals surface area contributed by atoms with E-state index < -0.39 is 18.7 Å². The minimum Gasteiger partial charge on any atom is -0.391 e. The Morgan fingerprint density at radius 1 is 1.70 bits per heavy atom. The fourth-order valence-electron chi connectivity index (χ4n) is 0.564. The predicted octanol–water partition coefficient (Wildman–Crippen LogP) is 1.10. The van der Waals surface area contributed by atoms with Crippen molar-refractivity contribution in [1.82, 2.24) is 5.16 Å². The van der Waals surface area contributed by atoms with Gasteiger partial charge in [-0.15, -0.1) is 0 Å². The van der Waals surface area contributed by atoms with Crippen molar-refractivity contribution in [2.75, 3.05) is 0 Å². The molecule has 0 aliphatic rings. The third-order valence-electron chi connectivity index (χ3n) is 1.05. The summed E-state index contributed by atoms with van der Waals surface area (Å²) >= 11 is 0. The summed E-state index contributed by atoms with van der Waals surface area (Å²) in [6.07, 6.45) is -1.68. The number of aliphatic hydroxyl groups is 1. The van der Waals surface area contributed by atoms with E-state index in [1.54, 1.807) is 0 Å². The molecule has 0 saturated heterocycles. The van der Waals surface area contributed by atoms with Crippen LogP contribution in [0.3, 0.4) is 0 Å². The van der Waals surface area contributed by atoms with Gasteiger partial charge in [0, 0.05) is 5.56 Å². The highest BCUT2D eigenvalue weighted by Gasteiger charge is 2.16. The highest BCUT2D eigenvalue weighted by Crippen LogP contribution is 2.20. The van der Waals surface area contributed by atoms with E-state index in [2.05, 4.69) is 9.68 Å². The maximum Gasteiger partial charge on any atom is 0.284 e. The zero-order valence-electron chi connectivity index (χ0n) is 4.92. The van der Waals surface area contributed by atoms with E-state index >= 15 is 0 Å². The first-order chi connectivity index (χ1) is 4.75. The smallest absolute Gasteiger partial charge is 0.284 e. The predicted molar refractivity (Wildman–Crippen MR) is 27.4 cm³/mol. The third-order valence-corrected chi connectivity index (χ3v) is 1.05. The van der Waals surface area contributed by atoms with E-state index in [9.17, 15) is 8.78 Å². The van der Waals surface area contributed by atoms with Crippen molar-refractivity contribution in [3.63, 3.8) is 0 Å². The Morgan fingerprint density at radius 2 is 2.40 bits per heavy atom. The minimum absolute atomic E-state index is 0.0370. The van der Waals surface area contributed by atoms with Crippen LogP contribution >= 0.6 is 0 Å². The molecule has 3 nitrogen and oxygen atoms in total. The van der Waals surface area contributed by atoms with Crippen molar-refractivity contribution >= 4 is 0 Å². The second-order valence-electron chi connectivity index (χ2n) is 1.68. The zero-order chi connectivity index (χ0) is 7.56. The van der Waals surface area contributed by atoms with Gasteiger partial charge in [0.25, 0.3) is 6.43 Å². The monoisotopic (exact) mass is 149 g/mol. The number of aromatic nitrogens is 1. The topological polar surface area (TPSA) is 46.3 Å². The number of hydrogen-bond acceptors (Lipinski definition) is 3. The zero-order valence-corrected chi connectivity index (χ0v) is 4.92. The van der Waals surface area contributed by atoms with Gasteiger partial charge in [-0.2, -0.15) is 0 Å². The summed E-state index contributed by atoms with van der Waals surface area (Å²) in [4.78, 5) is 0. The molecule has 0 aliphatic heterocycles. The highest BCUT2D eigenvalue weighted by molar-refractivity contribution is 5.13. The Labute approximate surface area is 55.3 Å². The maximum absolute atomic E-state index is 11.8. The summed E-state index contributed by atoms with van der Waals surface area (Å²) < 4.78 is 27.8. The van der Waals surface area contributed by atoms with Gasteiger partial charge in [0.15, 0.2) is 5.69 Å². The first-order valence-corrected chi connectivity index (χ1v) is 2.58. The Bertz CT molecular complexity index is 211. The summed E-state index contributed by atoms with van der Waals surface area (Å²) in [5.74, 6) is 0. The van der Waals surface area contributed by atoms with Gasteiger partial charge in [-0.3, -0.25) is 0 Å². The van der Waals surface area contributed by atoms with Crippen molar-refractivity contribution in [2.45, 2.75) is 13.0 Å². The lowest BCUT2D eigenvalue weighted by molar-refractivity contribution is 0.137. The fourth-order valence-corrected chi connectivity index (χ4v) is 0.564. The Balaban J connectivity index is 2.90. The lowest BCUT2D eigenvalue weighted by atomic mass is 10.3. The SMILES string of the molecule is OCc1conc1C(F)F. The number of rotatable bonds is 2. The quantitative estimate of drug-likeness (QED) is 0.684. The molecule has 10 heavy (non-hydrogen) atoms. The van der Waals surface area contributed by atoms with E-state index in [0.717, 1.165) is 6.26 Å². The van der Waals surface area contributed by atoms with Crippen LogP contribution in [0.4, 0.5) is 8.78 Å². The number of nitrogens with zero attached hydrogens (tertiary/aromatic N) is 1. The molecule has 56 valence electrons. The van der Waals surface area contributed by atoms with Crippen LogP contribution in [-0.4, -0.2) is 10.3 Å². The number of halogens is 2. The summed E-state index contributed by atoms with van der Waals surface area (Å²) in [7, 11) is 0. The highest BCUT2D eigenvalue weighted by atomic mass is 19.3. The van der Waals surface area contributed by atoms with Crippen LogP contribution in [0.15, 0.2) is 10.8 Å². The average Bonchev–Trinajstić information content (AvgIpc) is 2.33. The third kappa shape index (κ3) is 1.13. The van der Waals surface area contributed by atoms with E-state index in [1.807, 2.05) is 0 Å². The summed E-state index contributed by atoms with van der Waals surface area (Å²) in [5.41, 5.74) is -0.447. The van der Waals surface area contributed by atoms with Gasteiger partial charge in [-0.1, -0.05) is 5.16 Å². The van der Waals surface area contributed by atoms with Crippen LogP contribution in [0.5, 0.6) is 0 Å². The Hall–Kier alpha value is -0.970. The first kappa shape index (κ1) is 7.14. The second-order valence-corrected chi connectivity index (χ2v) is 1.68. The molecule has 1 aromatic heterocycles. The second kappa shape index (κ2) is 2.74. The summed E-state index contributed by atoms with van der Waals surface area (Å²) in [6.45, 7) is -0.469. The molecule has 0 aromatic carbocycles. The van der Waals surface area contributed by atoms with Crippen LogP contribution in [0.2, 0.25) is 0 Å². The lowest BCUT2D eigenvalue weighted by Gasteiger charge is -1.92. The molecular weight excluding hydrogens is 144 g/mol. The van der Waals surface area contributed by atoms with Crippen molar-refractivity contribution in [3.8, 4) is 0 Å². The van der Waals surface area contributed by atoms with Crippen molar-refractivity contribution in [1.29, 1.82) is 0 Å². The van der Waals surface area contributed by atoms with Gasteiger partial charge in [-0.25, -0.2) is 8.78 Å². The Morgan fingerprint density at radius 3 is 2.80 bits per heavy atom. The first-order valence-electron chi connectivity index (χ1n) is 2.58. The molecule has 0 saturated carbocycles. The molecular formula is C5H5F2NO2. The van der Waals surface area contributed by atoms with Crippen LogP contribution in [-0.2, 0) is 6.61 Å². The standard InChI is InChI=1S/C5H5F2NO2/c6-5(7)4-3(1-9)2-10-8-4/h2,5,9H,1H2. The summed E-state index contributed by atoms with van der Waals surface area (Å²) in [6, 6.07) is 0. The largest absolute Gasteiger partial charge is 0.391 e. The molecule has 0 spiro atoms. The maximum atomic E-state index is 11.8. The van der Waals surface area contributed by atoms with Crippen LogP contribution in [0.1, 0.15) is 17.7 Å². The van der Waals surface area contributed by atoms with Gasteiger partial charge >= 0.3 is 0 Å². The van der Waals surface area contributed by atoms with E-state index in [0.29, 0.717) is 0 Å². The molecule has 1 heterocycles. The molecule has 0 fully saturated rings. The molecule has 1 rings (SSSR count). The van der Waals surface area contributed by atoms with Gasteiger partial charge in [0.2, 0.25) is 0 Å². The van der Waals surface area contributed by atoms with Gasteiger partial charge < -0.3 is 9.63 Å². The van der Waals surface area contributed by atoms with E-state index in [4.69, 9.17) is 5.11 Å². The molecule has 1 aromatic rings. The molecule has 0 amide bonds. The molecule has 5 heteroatoms. The molecule has 0 radical (unpaired) electrons. The molecule has 0 unspecified atom stereocenters. The van der Waals surface area contributed by atoms with Crippen LogP contribution in [0.25, 0.3) is 0 Å². The number of alkyl halides is 2. The number of hydrogen-bond donors (Lipinski definition) is 1. The number of aliphatic hydroxyl groups excluding tert-OH is 1. The van der Waals surface area contributed by atoms with Crippen LogP contribution < -0.4 is 0 Å². The molecule has 0 bridgehead atoms. The van der Waals surface area contributed by atoms with Crippen molar-refractivity contribution < 1.29 is 18.4 Å². The van der Waals surface area contributed by atoms with Crippen molar-refractivity contribution in [2.24, 2.45) is 0 Å². The minimum atomic E-state index is -2.68. The van der Waals surface area contributed by atoms with Crippen LogP contribution in [0, 0.1) is 0 Å². The lowest BCUT2D eigenvalue weighted by Crippen LogP contribution is -1.90. The molecule has 0 aliphatic carbocycles. The fraction of sp³-hybridized carbons (Fsp3) is 0.400.